The number of nitrogens with one attached hydrogen (secondary N) is 2. The molecule has 1 atom stereocenters. The molecule has 8 nitrogen and oxygen atoms in total. The molecule has 2 N–H and O–H groups in total. The van der Waals surface area contributed by atoms with Gasteiger partial charge in [0.1, 0.15) is 5.75 Å². The second-order valence-electron chi connectivity index (χ2n) is 8.00. The van der Waals surface area contributed by atoms with Gasteiger partial charge in [0.25, 0.3) is 15.9 Å². The molecule has 3 aromatic carbocycles. The fourth-order valence-corrected chi connectivity index (χ4v) is 4.81. The monoisotopic (exact) mass is 496 g/mol. The van der Waals surface area contributed by atoms with Gasteiger partial charge in [0.05, 0.1) is 23.3 Å². The van der Waals surface area contributed by atoms with Crippen LogP contribution >= 0.6 is 0 Å². The molecule has 0 saturated carbocycles. The van der Waals surface area contributed by atoms with Gasteiger partial charge in [-0.2, -0.15) is 0 Å². The molecule has 0 aromatic heterocycles. The maximum atomic E-state index is 13.0. The Morgan fingerprint density at radius 3 is 2.40 bits per heavy atom. The van der Waals surface area contributed by atoms with Gasteiger partial charge in [0.15, 0.2) is 6.10 Å². The highest BCUT2D eigenvalue weighted by molar-refractivity contribution is 7.92. The number of sulfonamides is 1. The van der Waals surface area contributed by atoms with E-state index in [9.17, 15) is 18.0 Å². The molecule has 3 aromatic rings. The van der Waals surface area contributed by atoms with Gasteiger partial charge >= 0.3 is 5.97 Å². The minimum Gasteiger partial charge on any atom is -0.496 e. The first-order valence-electron chi connectivity index (χ1n) is 10.9. The molecule has 0 aliphatic heterocycles. The number of hydrogen-bond acceptors (Lipinski definition) is 6. The van der Waals surface area contributed by atoms with Crippen molar-refractivity contribution in [1.29, 1.82) is 0 Å². The lowest BCUT2D eigenvalue weighted by Crippen LogP contribution is -2.35. The van der Waals surface area contributed by atoms with E-state index in [-0.39, 0.29) is 22.7 Å². The van der Waals surface area contributed by atoms with Gasteiger partial charge in [-0.3, -0.25) is 9.52 Å². The Kier molecular flexibility index (Phi) is 8.14. The van der Waals surface area contributed by atoms with E-state index < -0.39 is 28.0 Å². The van der Waals surface area contributed by atoms with Crippen molar-refractivity contribution in [2.75, 3.05) is 11.8 Å². The standard InChI is InChI=1S/C26H28N2O6S/c1-17-13-14-18(2)24(15-17)35(31,32)28-22-11-7-6-10-21(22)26(30)34-19(3)25(29)27-16-20-9-5-8-12-23(20)33-4/h5-15,19,28H,16H2,1-4H3,(H,27,29). The molecule has 0 heterocycles. The third-order valence-corrected chi connectivity index (χ3v) is 6.83. The average Bonchev–Trinajstić information content (AvgIpc) is 2.84. The van der Waals surface area contributed by atoms with Crippen LogP contribution in [0.5, 0.6) is 5.75 Å². The van der Waals surface area contributed by atoms with E-state index in [0.29, 0.717) is 11.3 Å². The van der Waals surface area contributed by atoms with Crippen LogP contribution in [0.4, 0.5) is 5.69 Å². The number of amides is 1. The maximum absolute atomic E-state index is 13.0. The summed E-state index contributed by atoms with van der Waals surface area (Å²) in [6, 6.07) is 18.4. The van der Waals surface area contributed by atoms with Crippen LogP contribution in [0.25, 0.3) is 0 Å². The third-order valence-electron chi connectivity index (χ3n) is 5.32. The molecule has 0 bridgehead atoms. The summed E-state index contributed by atoms with van der Waals surface area (Å²) < 4.78 is 39.1. The minimum absolute atomic E-state index is 0.00856. The topological polar surface area (TPSA) is 111 Å². The number of carbonyl (C=O) groups excluding carboxylic acids is 2. The number of methoxy groups -OCH3 is 1. The Labute approximate surface area is 205 Å². The lowest BCUT2D eigenvalue weighted by molar-refractivity contribution is -0.129. The summed E-state index contributed by atoms with van der Waals surface area (Å²) in [6.07, 6.45) is -1.11. The zero-order valence-corrected chi connectivity index (χ0v) is 20.8. The Morgan fingerprint density at radius 1 is 0.971 bits per heavy atom. The molecule has 1 amide bonds. The van der Waals surface area contributed by atoms with E-state index >= 15 is 0 Å². The van der Waals surface area contributed by atoms with Gasteiger partial charge in [0, 0.05) is 12.1 Å². The van der Waals surface area contributed by atoms with E-state index in [4.69, 9.17) is 9.47 Å². The zero-order valence-electron chi connectivity index (χ0n) is 20.0. The molecule has 0 fully saturated rings. The lowest BCUT2D eigenvalue weighted by atomic mass is 10.2. The number of anilines is 1. The normalized spacial score (nSPS) is 11.9. The summed E-state index contributed by atoms with van der Waals surface area (Å²) in [5, 5.41) is 2.71. The number of carbonyl (C=O) groups is 2. The molecule has 3 rings (SSSR count). The van der Waals surface area contributed by atoms with Crippen molar-refractivity contribution in [2.45, 2.75) is 38.3 Å². The number of benzene rings is 3. The quantitative estimate of drug-likeness (QED) is 0.434. The van der Waals surface area contributed by atoms with E-state index in [1.165, 1.54) is 26.2 Å². The average molecular weight is 497 g/mol. The summed E-state index contributed by atoms with van der Waals surface area (Å²) in [5.74, 6) is -0.704. The van der Waals surface area contributed by atoms with E-state index in [2.05, 4.69) is 10.0 Å². The molecule has 0 aliphatic carbocycles. The van der Waals surface area contributed by atoms with Gasteiger partial charge in [-0.1, -0.05) is 42.5 Å². The van der Waals surface area contributed by atoms with Gasteiger partial charge in [-0.05, 0) is 56.2 Å². The van der Waals surface area contributed by atoms with Gasteiger partial charge in [-0.25, -0.2) is 13.2 Å². The van der Waals surface area contributed by atoms with Crippen LogP contribution in [0, 0.1) is 13.8 Å². The number of hydrogen-bond donors (Lipinski definition) is 2. The second-order valence-corrected chi connectivity index (χ2v) is 9.65. The first-order chi connectivity index (χ1) is 16.6. The second kappa shape index (κ2) is 11.1. The smallest absolute Gasteiger partial charge is 0.341 e. The number of para-hydroxylation sites is 2. The van der Waals surface area contributed by atoms with Crippen molar-refractivity contribution in [3.63, 3.8) is 0 Å². The number of ether oxygens (including phenoxy) is 2. The first-order valence-corrected chi connectivity index (χ1v) is 12.4. The molecule has 0 aliphatic rings. The Balaban J connectivity index is 1.71. The van der Waals surface area contributed by atoms with Crippen LogP contribution in [0.15, 0.2) is 71.6 Å². The summed E-state index contributed by atoms with van der Waals surface area (Å²) >= 11 is 0. The SMILES string of the molecule is COc1ccccc1CNC(=O)C(C)OC(=O)c1ccccc1NS(=O)(=O)c1cc(C)ccc1C. The van der Waals surface area contributed by atoms with E-state index in [1.807, 2.05) is 24.3 Å². The number of aryl methyl sites for hydroxylation is 2. The zero-order chi connectivity index (χ0) is 25.6. The summed E-state index contributed by atoms with van der Waals surface area (Å²) in [4.78, 5) is 25.5. The van der Waals surface area contributed by atoms with Crippen molar-refractivity contribution in [3.8, 4) is 5.75 Å². The summed E-state index contributed by atoms with van der Waals surface area (Å²) in [5.41, 5.74) is 2.18. The maximum Gasteiger partial charge on any atom is 0.341 e. The van der Waals surface area contributed by atoms with E-state index in [0.717, 1.165) is 11.1 Å². The predicted octanol–water partition coefficient (Wildman–Crippen LogP) is 3.97. The van der Waals surface area contributed by atoms with Crippen molar-refractivity contribution >= 4 is 27.6 Å². The van der Waals surface area contributed by atoms with Gasteiger partial charge < -0.3 is 14.8 Å². The molecule has 1 unspecified atom stereocenters. The van der Waals surface area contributed by atoms with Gasteiger partial charge in [-0.15, -0.1) is 0 Å². The molecular weight excluding hydrogens is 468 g/mol. The fourth-order valence-electron chi connectivity index (χ4n) is 3.40. The number of esters is 1. The molecule has 0 radical (unpaired) electrons. The molecule has 35 heavy (non-hydrogen) atoms. The van der Waals surface area contributed by atoms with Crippen LogP contribution in [-0.4, -0.2) is 33.5 Å². The van der Waals surface area contributed by atoms with Crippen LogP contribution < -0.4 is 14.8 Å². The van der Waals surface area contributed by atoms with Crippen LogP contribution in [0.1, 0.15) is 34.0 Å². The molecule has 0 saturated heterocycles. The fraction of sp³-hybridized carbons (Fsp3) is 0.231. The highest BCUT2D eigenvalue weighted by Gasteiger charge is 2.24. The van der Waals surface area contributed by atoms with Crippen LogP contribution in [0.2, 0.25) is 0 Å². The number of rotatable bonds is 9. The van der Waals surface area contributed by atoms with Crippen molar-refractivity contribution in [1.82, 2.24) is 5.32 Å². The highest BCUT2D eigenvalue weighted by Crippen LogP contribution is 2.24. The van der Waals surface area contributed by atoms with Crippen molar-refractivity contribution < 1.29 is 27.5 Å². The first kappa shape index (κ1) is 25.8. The highest BCUT2D eigenvalue weighted by atomic mass is 32.2. The van der Waals surface area contributed by atoms with Gasteiger partial charge in [0.2, 0.25) is 0 Å². The van der Waals surface area contributed by atoms with Crippen LogP contribution in [0.3, 0.4) is 0 Å². The largest absolute Gasteiger partial charge is 0.496 e. The Hall–Kier alpha value is -3.85. The minimum atomic E-state index is -3.96. The van der Waals surface area contributed by atoms with E-state index in [1.54, 1.807) is 44.2 Å². The molecule has 184 valence electrons. The molecule has 0 spiro atoms. The summed E-state index contributed by atoms with van der Waals surface area (Å²) in [6.45, 7) is 5.12. The Bertz CT molecular complexity index is 1340. The Morgan fingerprint density at radius 2 is 1.66 bits per heavy atom. The summed E-state index contributed by atoms with van der Waals surface area (Å²) in [7, 11) is -2.42. The van der Waals surface area contributed by atoms with Crippen molar-refractivity contribution in [3.05, 3.63) is 89.0 Å². The third kappa shape index (κ3) is 6.39. The predicted molar refractivity (Wildman–Crippen MR) is 133 cm³/mol. The molecule has 9 heteroatoms. The lowest BCUT2D eigenvalue weighted by Gasteiger charge is -2.17. The van der Waals surface area contributed by atoms with Crippen LogP contribution in [-0.2, 0) is 26.1 Å². The molecular formula is C26H28N2O6S. The van der Waals surface area contributed by atoms with Crippen molar-refractivity contribution in [2.24, 2.45) is 0 Å².